The number of nitrogens with zero attached hydrogens (tertiary/aromatic N) is 1. The molecule has 0 bridgehead atoms. The molecule has 0 aliphatic heterocycles. The van der Waals surface area contributed by atoms with Crippen LogP contribution in [0.25, 0.3) is 6.08 Å². The molecule has 0 fully saturated rings. The van der Waals surface area contributed by atoms with Gasteiger partial charge in [-0.25, -0.2) is 0 Å². The van der Waals surface area contributed by atoms with Crippen molar-refractivity contribution in [3.8, 4) is 0 Å². The Morgan fingerprint density at radius 1 is 1.08 bits per heavy atom. The van der Waals surface area contributed by atoms with E-state index in [9.17, 15) is 18.0 Å². The molecule has 3 nitrogen and oxygen atoms in total. The largest absolute Gasteiger partial charge is 0.465 e. The predicted octanol–water partition coefficient (Wildman–Crippen LogP) is 8.01. The van der Waals surface area contributed by atoms with Crippen LogP contribution in [0.4, 0.5) is 13.2 Å². The maximum atomic E-state index is 12.9. The summed E-state index contributed by atoms with van der Waals surface area (Å²) in [7, 11) is 0. The Bertz CT molecular complexity index is 1160. The summed E-state index contributed by atoms with van der Waals surface area (Å²) < 4.78 is 43.6. The zero-order valence-electron chi connectivity index (χ0n) is 21.1. The first-order valence-electron chi connectivity index (χ1n) is 11.6. The number of carbonyl (C=O) groups is 1. The number of allylic oxidation sites excluding steroid dienone is 3. The molecular weight excluding hydrogens is 463 g/mol. The van der Waals surface area contributed by atoms with Crippen LogP contribution in [0.15, 0.2) is 101 Å². The normalized spacial score (nSPS) is 14.8. The highest BCUT2D eigenvalue weighted by Gasteiger charge is 2.36. The lowest BCUT2D eigenvalue weighted by Gasteiger charge is -2.28. The molecular formula is C30H32F3NO2. The van der Waals surface area contributed by atoms with Crippen LogP contribution in [0.2, 0.25) is 0 Å². The van der Waals surface area contributed by atoms with Crippen molar-refractivity contribution in [2.45, 2.75) is 40.3 Å². The number of benzene rings is 2. The van der Waals surface area contributed by atoms with Crippen molar-refractivity contribution in [3.05, 3.63) is 113 Å². The summed E-state index contributed by atoms with van der Waals surface area (Å²) in [6, 6.07) is 14.7. The Hall–Kier alpha value is -3.67. The molecule has 0 amide bonds. The number of hydrogen-bond donors (Lipinski definition) is 0. The number of halogens is 3. The molecule has 2 rings (SSSR count). The standard InChI is InChI=1S/C30H32F3NO2/c1-6-26(16-13-24-14-17-27(18-15-24)30(31,32)33)23(4)34-20-19-22(3)29(5,28(35)36-7-2)21-25-11-9-8-10-12-25/h6,8-20H,4,7,21H2,1-3,5H3/b16-13+,22-19+,26-6-,34-20?. The summed E-state index contributed by atoms with van der Waals surface area (Å²) in [6.07, 6.45) is 4.75. The van der Waals surface area contributed by atoms with Gasteiger partial charge in [-0.1, -0.05) is 72.8 Å². The molecule has 0 N–H and O–H groups in total. The molecule has 0 radical (unpaired) electrons. The van der Waals surface area contributed by atoms with Crippen molar-refractivity contribution in [1.29, 1.82) is 0 Å². The first-order chi connectivity index (χ1) is 17.0. The van der Waals surface area contributed by atoms with Crippen molar-refractivity contribution < 1.29 is 22.7 Å². The number of ether oxygens (including phenoxy) is 1. The number of aliphatic imine (C=N–C) groups is 1. The van der Waals surface area contributed by atoms with Gasteiger partial charge in [-0.15, -0.1) is 0 Å². The first kappa shape index (κ1) is 28.6. The van der Waals surface area contributed by atoms with Gasteiger partial charge in [0.1, 0.15) is 0 Å². The molecule has 0 spiro atoms. The highest BCUT2D eigenvalue weighted by molar-refractivity contribution is 5.83. The highest BCUT2D eigenvalue weighted by Crippen LogP contribution is 2.33. The van der Waals surface area contributed by atoms with Crippen molar-refractivity contribution >= 4 is 18.3 Å². The molecule has 0 saturated carbocycles. The second-order valence-electron chi connectivity index (χ2n) is 8.49. The molecule has 6 heteroatoms. The Labute approximate surface area is 211 Å². The van der Waals surface area contributed by atoms with Crippen LogP contribution in [0.5, 0.6) is 0 Å². The average molecular weight is 496 g/mol. The lowest BCUT2D eigenvalue weighted by molar-refractivity contribution is -0.152. The molecule has 0 saturated heterocycles. The van der Waals surface area contributed by atoms with E-state index in [-0.39, 0.29) is 12.6 Å². The Kier molecular flexibility index (Phi) is 10.2. The predicted molar refractivity (Wildman–Crippen MR) is 141 cm³/mol. The van der Waals surface area contributed by atoms with Crippen molar-refractivity contribution in [2.24, 2.45) is 10.4 Å². The van der Waals surface area contributed by atoms with Gasteiger partial charge >= 0.3 is 12.1 Å². The zero-order valence-corrected chi connectivity index (χ0v) is 21.1. The number of carbonyl (C=O) groups excluding carboxylic acids is 1. The summed E-state index contributed by atoms with van der Waals surface area (Å²) in [6.45, 7) is 11.6. The smallest absolute Gasteiger partial charge is 0.416 e. The second kappa shape index (κ2) is 12.9. The van der Waals surface area contributed by atoms with Gasteiger partial charge in [0.15, 0.2) is 0 Å². The molecule has 2 aromatic carbocycles. The number of rotatable bonds is 10. The van der Waals surface area contributed by atoms with Gasteiger partial charge < -0.3 is 4.74 Å². The molecule has 0 heterocycles. The quantitative estimate of drug-likeness (QED) is 0.190. The van der Waals surface area contributed by atoms with Crippen molar-refractivity contribution in [1.82, 2.24) is 0 Å². The third-order valence-corrected chi connectivity index (χ3v) is 5.89. The SMILES string of the molecule is C=C(N=C/C=C(\C)C(C)(Cc1ccccc1)C(=O)OCC)C(=C\C)/C=C/c1ccc(C(F)(F)F)cc1. The topological polar surface area (TPSA) is 38.7 Å². The van der Waals surface area contributed by atoms with Crippen LogP contribution < -0.4 is 0 Å². The average Bonchev–Trinajstić information content (AvgIpc) is 2.84. The molecule has 1 atom stereocenters. The van der Waals surface area contributed by atoms with E-state index in [0.29, 0.717) is 17.7 Å². The molecule has 0 aliphatic rings. The van der Waals surface area contributed by atoms with Gasteiger partial charge in [-0.3, -0.25) is 9.79 Å². The summed E-state index contributed by atoms with van der Waals surface area (Å²) in [5.74, 6) is -0.302. The maximum Gasteiger partial charge on any atom is 0.416 e. The summed E-state index contributed by atoms with van der Waals surface area (Å²) in [4.78, 5) is 17.3. The van der Waals surface area contributed by atoms with E-state index < -0.39 is 17.2 Å². The van der Waals surface area contributed by atoms with Crippen molar-refractivity contribution in [3.63, 3.8) is 0 Å². The second-order valence-corrected chi connectivity index (χ2v) is 8.49. The van der Waals surface area contributed by atoms with E-state index in [1.807, 2.05) is 57.2 Å². The minimum absolute atomic E-state index is 0.289. The van der Waals surface area contributed by atoms with E-state index in [4.69, 9.17) is 4.74 Å². The van der Waals surface area contributed by atoms with Crippen LogP contribution in [-0.2, 0) is 22.1 Å². The third kappa shape index (κ3) is 7.94. The van der Waals surface area contributed by atoms with E-state index in [0.717, 1.165) is 28.8 Å². The molecule has 2 aromatic rings. The minimum atomic E-state index is -4.37. The molecule has 190 valence electrons. The van der Waals surface area contributed by atoms with E-state index in [1.54, 1.807) is 31.4 Å². The van der Waals surface area contributed by atoms with Crippen LogP contribution in [-0.4, -0.2) is 18.8 Å². The van der Waals surface area contributed by atoms with Crippen LogP contribution in [0, 0.1) is 5.41 Å². The molecule has 0 aromatic heterocycles. The summed E-state index contributed by atoms with van der Waals surface area (Å²) in [5.41, 5.74) is 2.08. The lowest BCUT2D eigenvalue weighted by atomic mass is 9.77. The van der Waals surface area contributed by atoms with E-state index in [1.165, 1.54) is 12.1 Å². The maximum absolute atomic E-state index is 12.9. The van der Waals surface area contributed by atoms with Crippen LogP contribution in [0.3, 0.4) is 0 Å². The van der Waals surface area contributed by atoms with Crippen molar-refractivity contribution in [2.75, 3.05) is 6.61 Å². The molecule has 36 heavy (non-hydrogen) atoms. The fourth-order valence-electron chi connectivity index (χ4n) is 3.49. The third-order valence-electron chi connectivity index (χ3n) is 5.89. The number of hydrogen-bond acceptors (Lipinski definition) is 3. The Balaban J connectivity index is 2.17. The summed E-state index contributed by atoms with van der Waals surface area (Å²) >= 11 is 0. The fourth-order valence-corrected chi connectivity index (χ4v) is 3.49. The minimum Gasteiger partial charge on any atom is -0.465 e. The number of esters is 1. The summed E-state index contributed by atoms with van der Waals surface area (Å²) in [5, 5.41) is 0. The molecule has 1 unspecified atom stereocenters. The zero-order chi connectivity index (χ0) is 26.8. The van der Waals surface area contributed by atoms with E-state index >= 15 is 0 Å². The Morgan fingerprint density at radius 2 is 1.72 bits per heavy atom. The highest BCUT2D eigenvalue weighted by atomic mass is 19.4. The Morgan fingerprint density at radius 3 is 2.28 bits per heavy atom. The van der Waals surface area contributed by atoms with Gasteiger partial charge in [0.05, 0.1) is 23.3 Å². The van der Waals surface area contributed by atoms with Gasteiger partial charge in [-0.2, -0.15) is 13.2 Å². The van der Waals surface area contributed by atoms with Gasteiger partial charge in [-0.05, 0) is 69.0 Å². The van der Waals surface area contributed by atoms with Gasteiger partial charge in [0.25, 0.3) is 0 Å². The molecule has 0 aliphatic carbocycles. The van der Waals surface area contributed by atoms with Crippen LogP contribution in [0.1, 0.15) is 44.4 Å². The fraction of sp³-hybridized carbons (Fsp3) is 0.267. The van der Waals surface area contributed by atoms with Crippen LogP contribution >= 0.6 is 0 Å². The first-order valence-corrected chi connectivity index (χ1v) is 11.6. The lowest BCUT2D eigenvalue weighted by Crippen LogP contribution is -2.33. The monoisotopic (exact) mass is 495 g/mol. The van der Waals surface area contributed by atoms with Gasteiger partial charge in [0, 0.05) is 6.21 Å². The number of alkyl halides is 3. The van der Waals surface area contributed by atoms with E-state index in [2.05, 4.69) is 11.6 Å². The van der Waals surface area contributed by atoms with Gasteiger partial charge in [0.2, 0.25) is 0 Å².